The third-order valence-corrected chi connectivity index (χ3v) is 6.09. The molecule has 0 aromatic heterocycles. The molecule has 4 heteroatoms. The fraction of sp³-hybridized carbons (Fsp3) is 0.846. The van der Waals surface area contributed by atoms with E-state index < -0.39 is 9.84 Å². The first-order valence-corrected chi connectivity index (χ1v) is 8.41. The quantitative estimate of drug-likeness (QED) is 0.562. The van der Waals surface area contributed by atoms with Crippen LogP contribution in [0, 0.1) is 0 Å². The molecule has 0 amide bonds. The second-order valence-corrected chi connectivity index (χ2v) is 7.53. The Bertz CT molecular complexity index is 362. The van der Waals surface area contributed by atoms with Gasteiger partial charge in [0.1, 0.15) is 0 Å². The highest BCUT2D eigenvalue weighted by Gasteiger charge is 2.30. The molecule has 2 rings (SSSR count). The summed E-state index contributed by atoms with van der Waals surface area (Å²) in [5.74, 6) is 0.391. The maximum atomic E-state index is 11.6. The summed E-state index contributed by atoms with van der Waals surface area (Å²) < 4.78 is 28.7. The molecule has 1 unspecified atom stereocenters. The van der Waals surface area contributed by atoms with Crippen molar-refractivity contribution in [2.24, 2.45) is 0 Å². The lowest BCUT2D eigenvalue weighted by molar-refractivity contribution is 0.237. The zero-order valence-corrected chi connectivity index (χ0v) is 11.2. The molecule has 3 nitrogen and oxygen atoms in total. The van der Waals surface area contributed by atoms with Crippen molar-refractivity contribution in [2.75, 3.05) is 12.4 Å². The minimum absolute atomic E-state index is 0.0924. The van der Waals surface area contributed by atoms with Crippen LogP contribution in [0.5, 0.6) is 0 Å². The topological polar surface area (TPSA) is 43.4 Å². The summed E-state index contributed by atoms with van der Waals surface area (Å²) in [5.41, 5.74) is 1.42. The fourth-order valence-electron chi connectivity index (χ4n) is 2.70. The van der Waals surface area contributed by atoms with Crippen molar-refractivity contribution in [2.45, 2.75) is 56.6 Å². The zero-order valence-electron chi connectivity index (χ0n) is 10.4. The maximum absolute atomic E-state index is 11.6. The van der Waals surface area contributed by atoms with Crippen molar-refractivity contribution in [1.82, 2.24) is 0 Å². The molecular weight excluding hydrogens is 236 g/mol. The van der Waals surface area contributed by atoms with Gasteiger partial charge in [0.15, 0.2) is 9.84 Å². The van der Waals surface area contributed by atoms with E-state index in [0.29, 0.717) is 12.4 Å². The molecule has 0 spiro atoms. The molecular formula is C13H22O3S. The first-order valence-electron chi connectivity index (χ1n) is 6.69. The molecule has 1 saturated carbocycles. The van der Waals surface area contributed by atoms with Crippen LogP contribution in [0.1, 0.15) is 51.4 Å². The third kappa shape index (κ3) is 3.73. The van der Waals surface area contributed by atoms with Crippen molar-refractivity contribution in [3.8, 4) is 0 Å². The summed E-state index contributed by atoms with van der Waals surface area (Å²) in [4.78, 5) is 0. The lowest BCUT2D eigenvalue weighted by atomic mass is 10.2. The molecule has 0 bridgehead atoms. The van der Waals surface area contributed by atoms with E-state index in [-0.39, 0.29) is 5.25 Å². The van der Waals surface area contributed by atoms with E-state index in [4.69, 9.17) is 4.74 Å². The predicted molar refractivity (Wildman–Crippen MR) is 68.5 cm³/mol. The molecule has 1 atom stereocenters. The van der Waals surface area contributed by atoms with E-state index in [1.807, 2.05) is 6.26 Å². The summed E-state index contributed by atoms with van der Waals surface area (Å²) in [6.07, 6.45) is 10.1. The lowest BCUT2D eigenvalue weighted by Crippen LogP contribution is -2.16. The van der Waals surface area contributed by atoms with E-state index in [2.05, 4.69) is 0 Å². The highest BCUT2D eigenvalue weighted by molar-refractivity contribution is 7.92. The molecule has 2 fully saturated rings. The van der Waals surface area contributed by atoms with Crippen LogP contribution in [-0.2, 0) is 14.6 Å². The Morgan fingerprint density at radius 2 is 2.00 bits per heavy atom. The summed E-state index contributed by atoms with van der Waals surface area (Å²) >= 11 is 0. The molecule has 1 aliphatic heterocycles. The zero-order chi connectivity index (χ0) is 12.1. The van der Waals surface area contributed by atoms with Crippen molar-refractivity contribution < 1.29 is 13.2 Å². The highest BCUT2D eigenvalue weighted by atomic mass is 32.2. The minimum Gasteiger partial charge on any atom is -0.501 e. The largest absolute Gasteiger partial charge is 0.501 e. The van der Waals surface area contributed by atoms with Gasteiger partial charge < -0.3 is 4.74 Å². The SMILES string of the molecule is O=S1(=O)CCCC1CCCOC=C1CCCC1. The van der Waals surface area contributed by atoms with Gasteiger partial charge >= 0.3 is 0 Å². The minimum atomic E-state index is -2.76. The molecule has 0 N–H and O–H groups in total. The Morgan fingerprint density at radius 1 is 1.24 bits per heavy atom. The fourth-order valence-corrected chi connectivity index (χ4v) is 4.65. The Labute approximate surface area is 104 Å². The van der Waals surface area contributed by atoms with Gasteiger partial charge in [-0.3, -0.25) is 0 Å². The molecule has 0 radical (unpaired) electrons. The Hall–Kier alpha value is -0.510. The molecule has 1 aliphatic carbocycles. The van der Waals surface area contributed by atoms with Gasteiger partial charge in [-0.05, 0) is 56.9 Å². The number of rotatable bonds is 5. The van der Waals surface area contributed by atoms with Gasteiger partial charge in [0.2, 0.25) is 0 Å². The second kappa shape index (κ2) is 5.89. The van der Waals surface area contributed by atoms with Crippen molar-refractivity contribution in [3.63, 3.8) is 0 Å². The monoisotopic (exact) mass is 258 g/mol. The van der Waals surface area contributed by atoms with Crippen molar-refractivity contribution in [3.05, 3.63) is 11.8 Å². The van der Waals surface area contributed by atoms with E-state index in [1.54, 1.807) is 0 Å². The van der Waals surface area contributed by atoms with Crippen LogP contribution in [0.15, 0.2) is 11.8 Å². The Kier molecular flexibility index (Phi) is 4.48. The summed E-state index contributed by atoms with van der Waals surface area (Å²) in [7, 11) is -2.76. The van der Waals surface area contributed by atoms with E-state index in [9.17, 15) is 8.42 Å². The maximum Gasteiger partial charge on any atom is 0.153 e. The number of hydrogen-bond donors (Lipinski definition) is 0. The van der Waals surface area contributed by atoms with Crippen LogP contribution in [-0.4, -0.2) is 26.0 Å². The molecule has 17 heavy (non-hydrogen) atoms. The van der Waals surface area contributed by atoms with Gasteiger partial charge in [-0.15, -0.1) is 0 Å². The number of sulfone groups is 1. The number of hydrogen-bond acceptors (Lipinski definition) is 3. The number of ether oxygens (including phenoxy) is 1. The summed E-state index contributed by atoms with van der Waals surface area (Å²) in [6, 6.07) is 0. The van der Waals surface area contributed by atoms with Crippen LogP contribution in [0.3, 0.4) is 0 Å². The third-order valence-electron chi connectivity index (χ3n) is 3.75. The first kappa shape index (κ1) is 12.9. The van der Waals surface area contributed by atoms with Crippen LogP contribution in [0.4, 0.5) is 0 Å². The predicted octanol–water partition coefficient (Wildman–Crippen LogP) is 2.82. The standard InChI is InChI=1S/C13H22O3S/c14-17(15)10-4-8-13(17)7-3-9-16-11-12-5-1-2-6-12/h11,13H,1-10H2. The van der Waals surface area contributed by atoms with Crippen LogP contribution in [0.25, 0.3) is 0 Å². The summed E-state index contributed by atoms with van der Waals surface area (Å²) in [6.45, 7) is 0.662. The van der Waals surface area contributed by atoms with Crippen LogP contribution in [0.2, 0.25) is 0 Å². The molecule has 1 saturated heterocycles. The molecule has 2 aliphatic rings. The molecule has 0 aromatic carbocycles. The van der Waals surface area contributed by atoms with Gasteiger partial charge in [0.05, 0.1) is 23.9 Å². The molecule has 0 aromatic rings. The second-order valence-electron chi connectivity index (χ2n) is 5.13. The van der Waals surface area contributed by atoms with Gasteiger partial charge in [0.25, 0.3) is 0 Å². The van der Waals surface area contributed by atoms with Gasteiger partial charge in [-0.1, -0.05) is 0 Å². The first-order chi connectivity index (χ1) is 8.18. The normalized spacial score (nSPS) is 27.3. The molecule has 1 heterocycles. The smallest absolute Gasteiger partial charge is 0.153 e. The Balaban J connectivity index is 1.61. The Morgan fingerprint density at radius 3 is 2.65 bits per heavy atom. The summed E-state index contributed by atoms with van der Waals surface area (Å²) in [5, 5.41) is -0.0924. The van der Waals surface area contributed by atoms with Gasteiger partial charge in [0, 0.05) is 0 Å². The van der Waals surface area contributed by atoms with Crippen molar-refractivity contribution >= 4 is 9.84 Å². The lowest BCUT2D eigenvalue weighted by Gasteiger charge is -2.08. The van der Waals surface area contributed by atoms with E-state index >= 15 is 0 Å². The average Bonchev–Trinajstić information content (AvgIpc) is 2.88. The van der Waals surface area contributed by atoms with Crippen LogP contribution < -0.4 is 0 Å². The van der Waals surface area contributed by atoms with E-state index in [1.165, 1.54) is 31.3 Å². The van der Waals surface area contributed by atoms with Gasteiger partial charge in [-0.2, -0.15) is 0 Å². The van der Waals surface area contributed by atoms with E-state index in [0.717, 1.165) is 25.7 Å². The van der Waals surface area contributed by atoms with Gasteiger partial charge in [-0.25, -0.2) is 8.42 Å². The average molecular weight is 258 g/mol. The molecule has 98 valence electrons. The highest BCUT2D eigenvalue weighted by Crippen LogP contribution is 2.25. The van der Waals surface area contributed by atoms with Crippen LogP contribution >= 0.6 is 0 Å². The number of allylic oxidation sites excluding steroid dienone is 1. The van der Waals surface area contributed by atoms with Crippen molar-refractivity contribution in [1.29, 1.82) is 0 Å².